The molecule has 1 unspecified atom stereocenters. The molecular weight excluding hydrogens is 392 g/mol. The molecule has 158 valence electrons. The monoisotopic (exact) mass is 416 g/mol. The third kappa shape index (κ3) is 3.99. The van der Waals surface area contributed by atoms with Crippen molar-refractivity contribution in [3.8, 4) is 5.75 Å². The average Bonchev–Trinajstić information content (AvgIpc) is 2.79. The minimum Gasteiger partial charge on any atom is -0.618 e. The zero-order chi connectivity index (χ0) is 22.0. The molecule has 7 nitrogen and oxygen atoms in total. The Bertz CT molecular complexity index is 1200. The summed E-state index contributed by atoms with van der Waals surface area (Å²) in [5.41, 5.74) is 3.37. The SMILES string of the molecule is CCN1CC(=Nc2cccc3c2ccc[n+]3[O-])C(C(C)=O)C(c2cccc(OC)c2)=N1. The number of benzene rings is 2. The van der Waals surface area contributed by atoms with E-state index < -0.39 is 5.92 Å². The second kappa shape index (κ2) is 8.55. The van der Waals surface area contributed by atoms with Crippen LogP contribution in [0.15, 0.2) is 70.9 Å². The minimum atomic E-state index is -0.576. The van der Waals surface area contributed by atoms with E-state index in [-0.39, 0.29) is 5.78 Å². The second-order valence-electron chi connectivity index (χ2n) is 7.39. The molecule has 0 saturated carbocycles. The molecule has 1 atom stereocenters. The number of fused-ring (bicyclic) bond motifs is 1. The number of hydrogen-bond acceptors (Lipinski definition) is 6. The number of Topliss-reactive ketones (excluding diaryl/α,β-unsaturated/α-hetero) is 1. The van der Waals surface area contributed by atoms with Gasteiger partial charge in [-0.05, 0) is 38.1 Å². The molecule has 2 heterocycles. The van der Waals surface area contributed by atoms with Gasteiger partial charge in [0.15, 0.2) is 6.20 Å². The van der Waals surface area contributed by atoms with E-state index in [1.807, 2.05) is 48.3 Å². The highest BCUT2D eigenvalue weighted by atomic mass is 16.5. The number of hydrazone groups is 1. The van der Waals surface area contributed by atoms with Crippen LogP contribution in [0.1, 0.15) is 19.4 Å². The van der Waals surface area contributed by atoms with Crippen molar-refractivity contribution in [1.82, 2.24) is 5.01 Å². The second-order valence-corrected chi connectivity index (χ2v) is 7.39. The lowest BCUT2D eigenvalue weighted by Crippen LogP contribution is -2.43. The lowest BCUT2D eigenvalue weighted by Gasteiger charge is -2.31. The summed E-state index contributed by atoms with van der Waals surface area (Å²) in [6, 6.07) is 16.5. The Morgan fingerprint density at radius 3 is 2.81 bits per heavy atom. The van der Waals surface area contributed by atoms with Gasteiger partial charge in [-0.15, -0.1) is 0 Å². The van der Waals surface area contributed by atoms with Crippen molar-refractivity contribution in [2.75, 3.05) is 20.2 Å². The van der Waals surface area contributed by atoms with Gasteiger partial charge in [-0.2, -0.15) is 9.83 Å². The van der Waals surface area contributed by atoms with Crippen molar-refractivity contribution >= 4 is 33.8 Å². The summed E-state index contributed by atoms with van der Waals surface area (Å²) < 4.78 is 6.18. The molecule has 1 aliphatic rings. The van der Waals surface area contributed by atoms with Gasteiger partial charge in [0.05, 0.1) is 36.2 Å². The van der Waals surface area contributed by atoms with Crippen LogP contribution in [0.25, 0.3) is 10.9 Å². The van der Waals surface area contributed by atoms with Crippen LogP contribution in [0.3, 0.4) is 0 Å². The highest BCUT2D eigenvalue weighted by Gasteiger charge is 2.33. The molecule has 0 N–H and O–H groups in total. The van der Waals surface area contributed by atoms with Crippen LogP contribution in [0, 0.1) is 11.1 Å². The Kier molecular flexibility index (Phi) is 5.66. The first kappa shape index (κ1) is 20.5. The summed E-state index contributed by atoms with van der Waals surface area (Å²) >= 11 is 0. The van der Waals surface area contributed by atoms with E-state index in [1.54, 1.807) is 32.2 Å². The number of pyridine rings is 1. The van der Waals surface area contributed by atoms with Crippen LogP contribution in [0.4, 0.5) is 5.69 Å². The maximum atomic E-state index is 12.8. The number of methoxy groups -OCH3 is 1. The fourth-order valence-corrected chi connectivity index (χ4v) is 3.85. The Morgan fingerprint density at radius 1 is 1.26 bits per heavy atom. The van der Waals surface area contributed by atoms with Crippen LogP contribution in [-0.2, 0) is 4.79 Å². The van der Waals surface area contributed by atoms with E-state index in [2.05, 4.69) is 0 Å². The van der Waals surface area contributed by atoms with Gasteiger partial charge in [-0.1, -0.05) is 18.2 Å². The van der Waals surface area contributed by atoms with E-state index in [0.29, 0.717) is 41.5 Å². The topological polar surface area (TPSA) is 81.2 Å². The Morgan fingerprint density at radius 2 is 2.06 bits per heavy atom. The summed E-state index contributed by atoms with van der Waals surface area (Å²) in [6.45, 7) is 4.69. The number of nitrogens with zero attached hydrogens (tertiary/aromatic N) is 4. The van der Waals surface area contributed by atoms with Crippen molar-refractivity contribution in [3.63, 3.8) is 0 Å². The number of aromatic nitrogens is 1. The largest absolute Gasteiger partial charge is 0.618 e. The molecule has 3 aromatic rings. The van der Waals surface area contributed by atoms with Crippen molar-refractivity contribution in [2.45, 2.75) is 13.8 Å². The Hall–Kier alpha value is -3.74. The minimum absolute atomic E-state index is 0.0322. The molecule has 0 radical (unpaired) electrons. The Balaban J connectivity index is 1.87. The molecule has 0 aliphatic carbocycles. The van der Waals surface area contributed by atoms with Gasteiger partial charge < -0.3 is 9.94 Å². The van der Waals surface area contributed by atoms with Gasteiger partial charge in [0.1, 0.15) is 17.5 Å². The lowest BCUT2D eigenvalue weighted by atomic mass is 9.87. The van der Waals surface area contributed by atoms with Gasteiger partial charge in [0.2, 0.25) is 5.52 Å². The van der Waals surface area contributed by atoms with E-state index >= 15 is 0 Å². The molecule has 31 heavy (non-hydrogen) atoms. The summed E-state index contributed by atoms with van der Waals surface area (Å²) in [5.74, 6) is 0.0899. The zero-order valence-electron chi connectivity index (χ0n) is 17.8. The molecule has 1 aliphatic heterocycles. The fraction of sp³-hybridized carbons (Fsp3) is 0.250. The predicted molar refractivity (Wildman–Crippen MR) is 121 cm³/mol. The molecule has 0 saturated heterocycles. The smallest absolute Gasteiger partial charge is 0.225 e. The van der Waals surface area contributed by atoms with Crippen LogP contribution >= 0.6 is 0 Å². The quantitative estimate of drug-likeness (QED) is 0.471. The molecular formula is C24H24N4O3. The van der Waals surface area contributed by atoms with Gasteiger partial charge >= 0.3 is 0 Å². The lowest BCUT2D eigenvalue weighted by molar-refractivity contribution is -0.577. The summed E-state index contributed by atoms with van der Waals surface area (Å²) in [5, 5.41) is 19.6. The number of carbonyl (C=O) groups excluding carboxylic acids is 1. The van der Waals surface area contributed by atoms with Gasteiger partial charge in [0.25, 0.3) is 0 Å². The van der Waals surface area contributed by atoms with E-state index in [1.165, 1.54) is 6.20 Å². The highest BCUT2D eigenvalue weighted by Crippen LogP contribution is 2.28. The number of ether oxygens (including phenoxy) is 1. The van der Waals surface area contributed by atoms with Gasteiger partial charge in [0, 0.05) is 24.2 Å². The van der Waals surface area contributed by atoms with Gasteiger partial charge in [-0.25, -0.2) is 0 Å². The number of hydrogen-bond donors (Lipinski definition) is 0. The first-order valence-corrected chi connectivity index (χ1v) is 10.2. The average molecular weight is 416 g/mol. The zero-order valence-corrected chi connectivity index (χ0v) is 17.8. The number of ketones is 1. The standard InChI is InChI=1S/C24H24N4O3/c1-4-27-15-21(25-20-11-6-12-22-19(20)10-7-13-28(22)30)23(16(2)29)24(26-27)17-8-5-9-18(14-17)31-3/h5-14,23H,4,15H2,1-3H3. The normalized spacial score (nSPS) is 17.6. The predicted octanol–water partition coefficient (Wildman–Crippen LogP) is 3.50. The molecule has 0 amide bonds. The third-order valence-electron chi connectivity index (χ3n) is 5.38. The first-order chi connectivity index (χ1) is 15.0. The summed E-state index contributed by atoms with van der Waals surface area (Å²) in [4.78, 5) is 17.7. The summed E-state index contributed by atoms with van der Waals surface area (Å²) in [6.07, 6.45) is 1.46. The maximum absolute atomic E-state index is 12.8. The Labute approximate surface area is 180 Å². The van der Waals surface area contributed by atoms with E-state index in [0.717, 1.165) is 15.7 Å². The molecule has 7 heteroatoms. The van der Waals surface area contributed by atoms with Crippen molar-refractivity contribution in [3.05, 3.63) is 71.6 Å². The molecule has 0 bridgehead atoms. The van der Waals surface area contributed by atoms with Crippen LogP contribution < -0.4 is 9.47 Å². The van der Waals surface area contributed by atoms with E-state index in [4.69, 9.17) is 14.8 Å². The fourth-order valence-electron chi connectivity index (χ4n) is 3.85. The molecule has 0 spiro atoms. The number of carbonyl (C=O) groups is 1. The number of aliphatic imine (C=N–C) groups is 1. The number of rotatable bonds is 5. The summed E-state index contributed by atoms with van der Waals surface area (Å²) in [7, 11) is 1.61. The van der Waals surface area contributed by atoms with Crippen LogP contribution in [0.5, 0.6) is 5.75 Å². The van der Waals surface area contributed by atoms with Crippen molar-refractivity contribution < 1.29 is 14.3 Å². The van der Waals surface area contributed by atoms with Crippen LogP contribution in [0.2, 0.25) is 0 Å². The molecule has 4 rings (SSSR count). The molecule has 0 fully saturated rings. The van der Waals surface area contributed by atoms with Crippen LogP contribution in [-0.4, -0.2) is 42.4 Å². The van der Waals surface area contributed by atoms with Crippen molar-refractivity contribution in [2.24, 2.45) is 16.0 Å². The maximum Gasteiger partial charge on any atom is 0.225 e. The highest BCUT2D eigenvalue weighted by molar-refractivity contribution is 6.28. The molecule has 2 aromatic carbocycles. The van der Waals surface area contributed by atoms with Gasteiger partial charge in [-0.3, -0.25) is 14.8 Å². The first-order valence-electron chi connectivity index (χ1n) is 10.2. The van der Waals surface area contributed by atoms with E-state index in [9.17, 15) is 10.0 Å². The molecule has 1 aromatic heterocycles. The van der Waals surface area contributed by atoms with Crippen molar-refractivity contribution in [1.29, 1.82) is 0 Å². The third-order valence-corrected chi connectivity index (χ3v) is 5.38.